The number of hydrogen-bond donors (Lipinski definition) is 1. The molecular weight excluding hydrogens is 226 g/mol. The van der Waals surface area contributed by atoms with Crippen LogP contribution in [0, 0.1) is 6.92 Å². The van der Waals surface area contributed by atoms with Gasteiger partial charge in [0.25, 0.3) is 0 Å². The Hall–Kier alpha value is -1.75. The molecule has 0 bridgehead atoms. The zero-order valence-corrected chi connectivity index (χ0v) is 10.5. The summed E-state index contributed by atoms with van der Waals surface area (Å²) in [5.74, 6) is 0. The predicted octanol–water partition coefficient (Wildman–Crippen LogP) is 1.28. The summed E-state index contributed by atoms with van der Waals surface area (Å²) in [5.41, 5.74) is 2.99. The maximum atomic E-state index is 4.38. The van der Waals surface area contributed by atoms with Crippen LogP contribution in [-0.2, 0) is 13.1 Å². The van der Waals surface area contributed by atoms with Crippen LogP contribution in [-0.4, -0.2) is 25.6 Å². The largest absolute Gasteiger partial charge is 0.331 e. The number of nitrogens with one attached hydrogen (secondary N) is 1. The SMILES string of the molecule is Cc1cnc(Cn2cnc(CNC3CC3)c2)cn1. The summed E-state index contributed by atoms with van der Waals surface area (Å²) in [5, 5.41) is 3.45. The van der Waals surface area contributed by atoms with Gasteiger partial charge in [-0.15, -0.1) is 0 Å². The standard InChI is InChI=1S/C13H17N5/c1-10-4-15-12(5-14-10)7-18-8-13(17-9-18)6-16-11-2-3-11/h4-5,8-9,11,16H,2-3,6-7H2,1H3. The molecule has 1 aliphatic rings. The lowest BCUT2D eigenvalue weighted by atomic mass is 10.4. The molecule has 2 aromatic heterocycles. The normalized spacial score (nSPS) is 14.9. The first-order chi connectivity index (χ1) is 8.79. The maximum absolute atomic E-state index is 4.38. The Morgan fingerprint density at radius 1 is 1.22 bits per heavy atom. The highest BCUT2D eigenvalue weighted by Gasteiger charge is 2.20. The highest BCUT2D eigenvalue weighted by molar-refractivity contribution is 5.04. The van der Waals surface area contributed by atoms with Crippen molar-refractivity contribution in [2.45, 2.75) is 38.9 Å². The van der Waals surface area contributed by atoms with Crippen LogP contribution in [0.4, 0.5) is 0 Å². The van der Waals surface area contributed by atoms with Crippen molar-refractivity contribution in [2.75, 3.05) is 0 Å². The van der Waals surface area contributed by atoms with E-state index in [0.717, 1.165) is 36.2 Å². The predicted molar refractivity (Wildman–Crippen MR) is 68.0 cm³/mol. The Morgan fingerprint density at radius 2 is 2.11 bits per heavy atom. The summed E-state index contributed by atoms with van der Waals surface area (Å²) in [4.78, 5) is 13.0. The van der Waals surface area contributed by atoms with E-state index in [1.807, 2.05) is 24.0 Å². The highest BCUT2D eigenvalue weighted by Crippen LogP contribution is 2.18. The summed E-state index contributed by atoms with van der Waals surface area (Å²) in [6.07, 6.45) is 10.1. The molecule has 94 valence electrons. The molecule has 2 heterocycles. The van der Waals surface area contributed by atoms with Gasteiger partial charge in [-0.2, -0.15) is 0 Å². The highest BCUT2D eigenvalue weighted by atomic mass is 15.1. The zero-order chi connectivity index (χ0) is 12.4. The second-order valence-corrected chi connectivity index (χ2v) is 4.84. The van der Waals surface area contributed by atoms with E-state index in [9.17, 15) is 0 Å². The van der Waals surface area contributed by atoms with E-state index in [1.54, 1.807) is 6.20 Å². The molecule has 0 spiro atoms. The van der Waals surface area contributed by atoms with Crippen molar-refractivity contribution in [1.82, 2.24) is 24.8 Å². The minimum Gasteiger partial charge on any atom is -0.331 e. The first kappa shape index (κ1) is 11.3. The van der Waals surface area contributed by atoms with Crippen LogP contribution in [0.15, 0.2) is 24.9 Å². The van der Waals surface area contributed by atoms with Crippen LogP contribution in [0.2, 0.25) is 0 Å². The maximum Gasteiger partial charge on any atom is 0.0953 e. The van der Waals surface area contributed by atoms with Crippen LogP contribution in [0.25, 0.3) is 0 Å². The number of imidazole rings is 1. The summed E-state index contributed by atoms with van der Waals surface area (Å²) in [7, 11) is 0. The molecule has 0 aromatic carbocycles. The molecule has 1 N–H and O–H groups in total. The van der Waals surface area contributed by atoms with Gasteiger partial charge in [0, 0.05) is 25.0 Å². The van der Waals surface area contributed by atoms with E-state index < -0.39 is 0 Å². The van der Waals surface area contributed by atoms with Gasteiger partial charge in [-0.1, -0.05) is 0 Å². The van der Waals surface area contributed by atoms with Gasteiger partial charge in [0.1, 0.15) is 0 Å². The smallest absolute Gasteiger partial charge is 0.0953 e. The van der Waals surface area contributed by atoms with Gasteiger partial charge in [-0.05, 0) is 19.8 Å². The number of rotatable bonds is 5. The van der Waals surface area contributed by atoms with Crippen molar-refractivity contribution >= 4 is 0 Å². The quantitative estimate of drug-likeness (QED) is 0.859. The molecule has 0 radical (unpaired) electrons. The van der Waals surface area contributed by atoms with Crippen molar-refractivity contribution in [3.63, 3.8) is 0 Å². The molecule has 18 heavy (non-hydrogen) atoms. The Labute approximate surface area is 106 Å². The Kier molecular flexibility index (Phi) is 3.06. The van der Waals surface area contributed by atoms with Crippen molar-refractivity contribution in [3.8, 4) is 0 Å². The first-order valence-corrected chi connectivity index (χ1v) is 6.31. The van der Waals surface area contributed by atoms with Crippen LogP contribution in [0.1, 0.15) is 29.9 Å². The van der Waals surface area contributed by atoms with Crippen molar-refractivity contribution in [3.05, 3.63) is 42.0 Å². The molecule has 0 unspecified atom stereocenters. The van der Waals surface area contributed by atoms with Gasteiger partial charge < -0.3 is 9.88 Å². The first-order valence-electron chi connectivity index (χ1n) is 6.31. The summed E-state index contributed by atoms with van der Waals surface area (Å²) in [6, 6.07) is 0.720. The molecule has 0 atom stereocenters. The lowest BCUT2D eigenvalue weighted by Gasteiger charge is -2.01. The van der Waals surface area contributed by atoms with E-state index in [-0.39, 0.29) is 0 Å². The molecule has 0 saturated heterocycles. The number of aryl methyl sites for hydroxylation is 1. The van der Waals surface area contributed by atoms with E-state index in [2.05, 4.69) is 26.5 Å². The Morgan fingerprint density at radius 3 is 2.83 bits per heavy atom. The monoisotopic (exact) mass is 243 g/mol. The van der Waals surface area contributed by atoms with E-state index >= 15 is 0 Å². The molecule has 0 amide bonds. The van der Waals surface area contributed by atoms with Gasteiger partial charge in [0.05, 0.1) is 36.2 Å². The molecule has 0 aliphatic heterocycles. The lowest BCUT2D eigenvalue weighted by molar-refractivity contribution is 0.675. The van der Waals surface area contributed by atoms with Crippen LogP contribution >= 0.6 is 0 Å². The van der Waals surface area contributed by atoms with Gasteiger partial charge in [-0.3, -0.25) is 9.97 Å². The summed E-state index contributed by atoms with van der Waals surface area (Å²) < 4.78 is 2.04. The molecule has 5 nitrogen and oxygen atoms in total. The van der Waals surface area contributed by atoms with Crippen molar-refractivity contribution in [2.24, 2.45) is 0 Å². The molecule has 2 aromatic rings. The Bertz CT molecular complexity index is 512. The van der Waals surface area contributed by atoms with Gasteiger partial charge >= 0.3 is 0 Å². The fraction of sp³-hybridized carbons (Fsp3) is 0.462. The topological polar surface area (TPSA) is 55.6 Å². The number of nitrogens with zero attached hydrogens (tertiary/aromatic N) is 4. The molecule has 1 fully saturated rings. The number of aromatic nitrogens is 4. The fourth-order valence-corrected chi connectivity index (χ4v) is 1.81. The van der Waals surface area contributed by atoms with E-state index in [1.165, 1.54) is 12.8 Å². The molecule has 5 heteroatoms. The van der Waals surface area contributed by atoms with Crippen LogP contribution in [0.5, 0.6) is 0 Å². The van der Waals surface area contributed by atoms with Crippen LogP contribution < -0.4 is 5.32 Å². The van der Waals surface area contributed by atoms with Gasteiger partial charge in [0.2, 0.25) is 0 Å². The minimum atomic E-state index is 0.720. The average molecular weight is 243 g/mol. The molecule has 3 rings (SSSR count). The van der Waals surface area contributed by atoms with Crippen LogP contribution in [0.3, 0.4) is 0 Å². The van der Waals surface area contributed by atoms with Gasteiger partial charge in [-0.25, -0.2) is 4.98 Å². The number of hydrogen-bond acceptors (Lipinski definition) is 4. The van der Waals surface area contributed by atoms with Crippen molar-refractivity contribution < 1.29 is 0 Å². The van der Waals surface area contributed by atoms with E-state index in [4.69, 9.17) is 0 Å². The van der Waals surface area contributed by atoms with Gasteiger partial charge in [0.15, 0.2) is 0 Å². The lowest BCUT2D eigenvalue weighted by Crippen LogP contribution is -2.15. The third-order valence-corrected chi connectivity index (χ3v) is 3.01. The van der Waals surface area contributed by atoms with E-state index in [0.29, 0.717) is 0 Å². The summed E-state index contributed by atoms with van der Waals surface area (Å²) in [6.45, 7) is 3.52. The zero-order valence-electron chi connectivity index (χ0n) is 10.5. The molecular formula is C13H17N5. The minimum absolute atomic E-state index is 0.720. The fourth-order valence-electron chi connectivity index (χ4n) is 1.81. The molecule has 1 saturated carbocycles. The second-order valence-electron chi connectivity index (χ2n) is 4.84. The third kappa shape index (κ3) is 2.92. The Balaban J connectivity index is 1.60. The average Bonchev–Trinajstić information content (AvgIpc) is 3.10. The third-order valence-electron chi connectivity index (χ3n) is 3.01. The second kappa shape index (κ2) is 4.86. The summed E-state index contributed by atoms with van der Waals surface area (Å²) >= 11 is 0. The van der Waals surface area contributed by atoms with Crippen molar-refractivity contribution in [1.29, 1.82) is 0 Å². The molecule has 1 aliphatic carbocycles.